The van der Waals surface area contributed by atoms with Gasteiger partial charge in [0.05, 0.1) is 6.04 Å². The number of fused-ring (bicyclic) bond motifs is 1. The standard InChI is InChI=1S/C21H25F3N4O/c1-13-8-9-27(14(2)10-13)20(29)17-12-19-25-16(15-6-4-3-5-7-15)11-18(21(22,23)24)28(19)26-17/h3-7,12-14,16,18,25H,8-11H2,1-2H3/t13-,14+,16-,18+/m1/s1. The van der Waals surface area contributed by atoms with Crippen molar-refractivity contribution in [2.75, 3.05) is 11.9 Å². The van der Waals surface area contributed by atoms with Crippen molar-refractivity contribution in [1.82, 2.24) is 14.7 Å². The van der Waals surface area contributed by atoms with Crippen molar-refractivity contribution in [2.24, 2.45) is 5.92 Å². The van der Waals surface area contributed by atoms with Gasteiger partial charge in [-0.1, -0.05) is 37.3 Å². The second-order valence-electron chi connectivity index (χ2n) is 8.24. The van der Waals surface area contributed by atoms with Crippen LogP contribution in [0.15, 0.2) is 36.4 Å². The number of amides is 1. The molecule has 0 aliphatic carbocycles. The monoisotopic (exact) mass is 406 g/mol. The second kappa shape index (κ2) is 7.39. The van der Waals surface area contributed by atoms with Crippen LogP contribution in [0.5, 0.6) is 0 Å². The molecule has 29 heavy (non-hydrogen) atoms. The molecule has 1 aromatic carbocycles. The van der Waals surface area contributed by atoms with Gasteiger partial charge in [0.15, 0.2) is 11.7 Å². The van der Waals surface area contributed by atoms with E-state index in [2.05, 4.69) is 17.3 Å². The average molecular weight is 406 g/mol. The fourth-order valence-electron chi connectivity index (χ4n) is 4.44. The third kappa shape index (κ3) is 3.84. The van der Waals surface area contributed by atoms with Crippen molar-refractivity contribution in [3.8, 4) is 0 Å². The number of halogens is 3. The molecule has 5 nitrogen and oxygen atoms in total. The molecule has 4 atom stereocenters. The molecule has 4 rings (SSSR count). The molecule has 2 aliphatic heterocycles. The van der Waals surface area contributed by atoms with Gasteiger partial charge in [0, 0.05) is 25.1 Å². The Kier molecular flexibility index (Phi) is 5.04. The molecule has 2 aromatic rings. The fourth-order valence-corrected chi connectivity index (χ4v) is 4.44. The first-order valence-corrected chi connectivity index (χ1v) is 10.0. The molecular weight excluding hydrogens is 381 g/mol. The summed E-state index contributed by atoms with van der Waals surface area (Å²) >= 11 is 0. The number of rotatable bonds is 2. The van der Waals surface area contributed by atoms with E-state index in [-0.39, 0.29) is 29.9 Å². The Morgan fingerprint density at radius 3 is 2.55 bits per heavy atom. The van der Waals surface area contributed by atoms with E-state index in [4.69, 9.17) is 0 Å². The van der Waals surface area contributed by atoms with Gasteiger partial charge in [0.2, 0.25) is 0 Å². The Morgan fingerprint density at radius 1 is 1.17 bits per heavy atom. The van der Waals surface area contributed by atoms with Crippen LogP contribution in [0.1, 0.15) is 61.2 Å². The van der Waals surface area contributed by atoms with Gasteiger partial charge in [-0.3, -0.25) is 4.79 Å². The molecule has 0 bridgehead atoms. The van der Waals surface area contributed by atoms with Gasteiger partial charge in [-0.05, 0) is 31.2 Å². The number of carbonyl (C=O) groups is 1. The summed E-state index contributed by atoms with van der Waals surface area (Å²) in [6.45, 7) is 4.73. The lowest BCUT2D eigenvalue weighted by Gasteiger charge is -2.36. The van der Waals surface area contributed by atoms with E-state index in [0.29, 0.717) is 12.5 Å². The highest BCUT2D eigenvalue weighted by atomic mass is 19.4. The van der Waals surface area contributed by atoms with Crippen molar-refractivity contribution >= 4 is 11.7 Å². The number of hydrogen-bond donors (Lipinski definition) is 1. The normalized spacial score (nSPS) is 27.3. The largest absolute Gasteiger partial charge is 0.410 e. The highest BCUT2D eigenvalue weighted by Crippen LogP contribution is 2.43. The summed E-state index contributed by atoms with van der Waals surface area (Å²) in [4.78, 5) is 14.7. The van der Waals surface area contributed by atoms with Crippen LogP contribution in [0.2, 0.25) is 0 Å². The lowest BCUT2D eigenvalue weighted by Crippen LogP contribution is -2.44. The fraction of sp³-hybridized carbons (Fsp3) is 0.524. The molecule has 8 heteroatoms. The topological polar surface area (TPSA) is 50.2 Å². The third-order valence-corrected chi connectivity index (χ3v) is 6.01. The van der Waals surface area contributed by atoms with Crippen LogP contribution in [0.4, 0.5) is 19.0 Å². The maximum atomic E-state index is 13.8. The minimum absolute atomic E-state index is 0.0495. The molecule has 1 N–H and O–H groups in total. The van der Waals surface area contributed by atoms with E-state index < -0.39 is 18.3 Å². The van der Waals surface area contributed by atoms with E-state index in [0.717, 1.165) is 23.1 Å². The molecule has 156 valence electrons. The molecule has 1 amide bonds. The number of alkyl halides is 3. The molecule has 1 fully saturated rings. The van der Waals surface area contributed by atoms with Crippen molar-refractivity contribution in [2.45, 2.75) is 57.4 Å². The van der Waals surface area contributed by atoms with Crippen LogP contribution < -0.4 is 5.32 Å². The van der Waals surface area contributed by atoms with Gasteiger partial charge in [0.1, 0.15) is 5.82 Å². The Balaban J connectivity index is 1.65. The van der Waals surface area contributed by atoms with Crippen LogP contribution in [-0.2, 0) is 0 Å². The van der Waals surface area contributed by atoms with Crippen LogP contribution >= 0.6 is 0 Å². The summed E-state index contributed by atoms with van der Waals surface area (Å²) in [5.41, 5.74) is 0.845. The predicted molar refractivity (Wildman–Crippen MR) is 104 cm³/mol. The van der Waals surface area contributed by atoms with E-state index in [1.807, 2.05) is 13.0 Å². The molecule has 3 heterocycles. The molecular formula is C21H25F3N4O. The van der Waals surface area contributed by atoms with E-state index in [1.54, 1.807) is 29.2 Å². The minimum atomic E-state index is -4.45. The number of piperidine rings is 1. The number of anilines is 1. The summed E-state index contributed by atoms with van der Waals surface area (Å²) in [5, 5.41) is 7.24. The maximum absolute atomic E-state index is 13.8. The Hall–Kier alpha value is -2.51. The first kappa shape index (κ1) is 19.8. The van der Waals surface area contributed by atoms with Gasteiger partial charge in [-0.25, -0.2) is 4.68 Å². The second-order valence-corrected chi connectivity index (χ2v) is 8.24. The number of nitrogens with one attached hydrogen (secondary N) is 1. The Labute approximate surface area is 167 Å². The highest BCUT2D eigenvalue weighted by molar-refractivity contribution is 5.93. The summed E-state index contributed by atoms with van der Waals surface area (Å²) < 4.78 is 42.3. The highest BCUT2D eigenvalue weighted by Gasteiger charge is 2.47. The summed E-state index contributed by atoms with van der Waals surface area (Å²) in [6, 6.07) is 8.29. The zero-order valence-electron chi connectivity index (χ0n) is 16.5. The van der Waals surface area contributed by atoms with E-state index in [9.17, 15) is 18.0 Å². The number of nitrogens with zero attached hydrogens (tertiary/aromatic N) is 3. The summed E-state index contributed by atoms with van der Waals surface area (Å²) in [6.07, 6.45) is -2.85. The number of aromatic nitrogens is 2. The SMILES string of the molecule is C[C@@H]1CCN(C(=O)c2cc3n(n2)[C@H](C(F)(F)F)C[C@H](c2ccccc2)N3)[C@@H](C)C1. The van der Waals surface area contributed by atoms with Crippen LogP contribution in [-0.4, -0.2) is 39.4 Å². The molecule has 2 aliphatic rings. The minimum Gasteiger partial charge on any atom is -0.363 e. The average Bonchev–Trinajstić information content (AvgIpc) is 3.10. The zero-order valence-corrected chi connectivity index (χ0v) is 16.5. The van der Waals surface area contributed by atoms with E-state index in [1.165, 1.54) is 6.07 Å². The summed E-state index contributed by atoms with van der Waals surface area (Å²) in [7, 11) is 0. The number of benzene rings is 1. The van der Waals surface area contributed by atoms with Gasteiger partial charge < -0.3 is 10.2 Å². The molecule has 0 spiro atoms. The zero-order chi connectivity index (χ0) is 20.8. The third-order valence-electron chi connectivity index (χ3n) is 6.01. The predicted octanol–water partition coefficient (Wildman–Crippen LogP) is 4.80. The smallest absolute Gasteiger partial charge is 0.363 e. The maximum Gasteiger partial charge on any atom is 0.410 e. The van der Waals surface area contributed by atoms with Crippen molar-refractivity contribution in [3.63, 3.8) is 0 Å². The molecule has 0 unspecified atom stereocenters. The number of hydrogen-bond acceptors (Lipinski definition) is 3. The van der Waals surface area contributed by atoms with Crippen molar-refractivity contribution in [1.29, 1.82) is 0 Å². The van der Waals surface area contributed by atoms with Gasteiger partial charge in [-0.15, -0.1) is 0 Å². The Morgan fingerprint density at radius 2 is 1.90 bits per heavy atom. The summed E-state index contributed by atoms with van der Waals surface area (Å²) in [5.74, 6) is 0.464. The van der Waals surface area contributed by atoms with E-state index >= 15 is 0 Å². The van der Waals surface area contributed by atoms with Crippen molar-refractivity contribution in [3.05, 3.63) is 47.7 Å². The first-order chi connectivity index (χ1) is 13.7. The molecule has 0 saturated carbocycles. The first-order valence-electron chi connectivity index (χ1n) is 10.0. The lowest BCUT2D eigenvalue weighted by atomic mass is 9.93. The number of likely N-dealkylation sites (tertiary alicyclic amines) is 1. The van der Waals surface area contributed by atoms with Gasteiger partial charge in [-0.2, -0.15) is 18.3 Å². The van der Waals surface area contributed by atoms with Crippen LogP contribution in [0.3, 0.4) is 0 Å². The lowest BCUT2D eigenvalue weighted by molar-refractivity contribution is -0.173. The van der Waals surface area contributed by atoms with Crippen molar-refractivity contribution < 1.29 is 18.0 Å². The van der Waals surface area contributed by atoms with Crippen LogP contribution in [0, 0.1) is 5.92 Å². The molecule has 1 aromatic heterocycles. The number of carbonyl (C=O) groups excluding carboxylic acids is 1. The molecule has 0 radical (unpaired) electrons. The Bertz CT molecular complexity index is 880. The molecule has 1 saturated heterocycles. The quantitative estimate of drug-likeness (QED) is 0.779. The van der Waals surface area contributed by atoms with Gasteiger partial charge >= 0.3 is 6.18 Å². The van der Waals surface area contributed by atoms with Gasteiger partial charge in [0.25, 0.3) is 5.91 Å². The van der Waals surface area contributed by atoms with Crippen LogP contribution in [0.25, 0.3) is 0 Å².